The number of hydrogen-bond donors (Lipinski definition) is 1. The van der Waals surface area contributed by atoms with Gasteiger partial charge < -0.3 is 4.90 Å². The molecule has 0 bridgehead atoms. The zero-order valence-electron chi connectivity index (χ0n) is 14.6. The van der Waals surface area contributed by atoms with Crippen LogP contribution in [0, 0.1) is 23.0 Å². The standard InChI is InChI=1S/C16H25N3O4S.ClH/c1-13-6-10-18(11-7-13)9-3-8-17-24(22,23)16-12-15(19(20)21)5-4-14(16)2;/h4-5,12-13,17H,3,6-11H2,1-2H3;1H. The number of nitro groups is 1. The van der Waals surface area contributed by atoms with Crippen LogP contribution in [0.4, 0.5) is 5.69 Å². The third-order valence-electron chi connectivity index (χ3n) is 4.49. The van der Waals surface area contributed by atoms with Crippen LogP contribution in [0.1, 0.15) is 31.7 Å². The Kier molecular flexibility index (Phi) is 8.27. The minimum atomic E-state index is -3.73. The fourth-order valence-corrected chi connectivity index (χ4v) is 4.20. The lowest BCUT2D eigenvalue weighted by Crippen LogP contribution is -2.35. The number of benzene rings is 1. The minimum absolute atomic E-state index is 0. The van der Waals surface area contributed by atoms with Crippen molar-refractivity contribution in [1.82, 2.24) is 9.62 Å². The highest BCUT2D eigenvalue weighted by molar-refractivity contribution is 7.89. The van der Waals surface area contributed by atoms with Crippen LogP contribution in [0.5, 0.6) is 0 Å². The van der Waals surface area contributed by atoms with E-state index in [1.165, 1.54) is 25.0 Å². The number of nitro benzene ring substituents is 1. The summed E-state index contributed by atoms with van der Waals surface area (Å²) in [5.74, 6) is 0.775. The van der Waals surface area contributed by atoms with Gasteiger partial charge in [-0.3, -0.25) is 10.1 Å². The fourth-order valence-electron chi connectivity index (χ4n) is 2.86. The van der Waals surface area contributed by atoms with Gasteiger partial charge in [-0.05, 0) is 57.3 Å². The number of halogens is 1. The summed E-state index contributed by atoms with van der Waals surface area (Å²) in [6.07, 6.45) is 3.11. The summed E-state index contributed by atoms with van der Waals surface area (Å²) in [5, 5.41) is 10.8. The van der Waals surface area contributed by atoms with Gasteiger partial charge in [-0.1, -0.05) is 13.0 Å². The van der Waals surface area contributed by atoms with Gasteiger partial charge in [0.05, 0.1) is 9.82 Å². The van der Waals surface area contributed by atoms with E-state index in [-0.39, 0.29) is 23.0 Å². The second-order valence-electron chi connectivity index (χ2n) is 6.48. The van der Waals surface area contributed by atoms with E-state index in [9.17, 15) is 18.5 Å². The maximum Gasteiger partial charge on any atom is 0.270 e. The second-order valence-corrected chi connectivity index (χ2v) is 8.22. The number of nitrogens with zero attached hydrogens (tertiary/aromatic N) is 2. The molecule has 0 spiro atoms. The lowest BCUT2D eigenvalue weighted by Gasteiger charge is -2.30. The number of nitrogens with one attached hydrogen (secondary N) is 1. The summed E-state index contributed by atoms with van der Waals surface area (Å²) >= 11 is 0. The number of hydrogen-bond acceptors (Lipinski definition) is 5. The normalized spacial score (nSPS) is 16.4. The number of likely N-dealkylation sites (tertiary alicyclic amines) is 1. The highest BCUT2D eigenvalue weighted by Gasteiger charge is 2.20. The van der Waals surface area contributed by atoms with Crippen molar-refractivity contribution in [3.05, 3.63) is 33.9 Å². The maximum absolute atomic E-state index is 12.4. The van der Waals surface area contributed by atoms with Crippen molar-refractivity contribution in [2.75, 3.05) is 26.2 Å². The van der Waals surface area contributed by atoms with Crippen LogP contribution in [0.2, 0.25) is 0 Å². The van der Waals surface area contributed by atoms with Gasteiger partial charge in [0.1, 0.15) is 0 Å². The number of aryl methyl sites for hydroxylation is 1. The Labute approximate surface area is 155 Å². The molecule has 0 radical (unpaired) electrons. The van der Waals surface area contributed by atoms with Crippen molar-refractivity contribution in [2.24, 2.45) is 5.92 Å². The number of sulfonamides is 1. The molecule has 9 heteroatoms. The van der Waals surface area contributed by atoms with Gasteiger partial charge in [0.25, 0.3) is 5.69 Å². The molecule has 7 nitrogen and oxygen atoms in total. The molecule has 0 aliphatic carbocycles. The molecule has 2 rings (SSSR count). The molecular weight excluding hydrogens is 366 g/mol. The average molecular weight is 392 g/mol. The molecule has 1 aliphatic rings. The Bertz CT molecular complexity index is 689. The van der Waals surface area contributed by atoms with Crippen molar-refractivity contribution in [3.8, 4) is 0 Å². The first-order valence-electron chi connectivity index (χ1n) is 8.26. The maximum atomic E-state index is 12.4. The Morgan fingerprint density at radius 3 is 2.56 bits per heavy atom. The molecule has 25 heavy (non-hydrogen) atoms. The first-order valence-corrected chi connectivity index (χ1v) is 9.75. The van der Waals surface area contributed by atoms with E-state index in [2.05, 4.69) is 16.5 Å². The molecule has 1 N–H and O–H groups in total. The van der Waals surface area contributed by atoms with Crippen LogP contribution in [-0.2, 0) is 10.0 Å². The Balaban J connectivity index is 0.00000312. The van der Waals surface area contributed by atoms with Crippen molar-refractivity contribution >= 4 is 28.1 Å². The van der Waals surface area contributed by atoms with E-state index in [4.69, 9.17) is 0 Å². The van der Waals surface area contributed by atoms with Crippen LogP contribution < -0.4 is 4.72 Å². The molecule has 0 saturated carbocycles. The molecule has 142 valence electrons. The SMILES string of the molecule is Cc1ccc([N+](=O)[O-])cc1S(=O)(=O)NCCCN1CCC(C)CC1.Cl. The van der Waals surface area contributed by atoms with E-state index >= 15 is 0 Å². The van der Waals surface area contributed by atoms with E-state index in [0.29, 0.717) is 12.1 Å². The molecule has 1 aromatic rings. The van der Waals surface area contributed by atoms with Crippen LogP contribution in [0.3, 0.4) is 0 Å². The van der Waals surface area contributed by atoms with E-state index in [1.54, 1.807) is 6.92 Å². The Morgan fingerprint density at radius 2 is 1.96 bits per heavy atom. The van der Waals surface area contributed by atoms with Crippen molar-refractivity contribution in [1.29, 1.82) is 0 Å². The highest BCUT2D eigenvalue weighted by atomic mass is 35.5. The molecule has 1 aromatic carbocycles. The number of piperidine rings is 1. The Morgan fingerprint density at radius 1 is 1.32 bits per heavy atom. The second kappa shape index (κ2) is 9.47. The predicted octanol–water partition coefficient (Wildman–Crippen LogP) is 2.73. The topological polar surface area (TPSA) is 92.5 Å². The minimum Gasteiger partial charge on any atom is -0.303 e. The van der Waals surface area contributed by atoms with E-state index in [1.807, 2.05) is 0 Å². The third-order valence-corrected chi connectivity index (χ3v) is 6.09. The zero-order valence-corrected chi connectivity index (χ0v) is 16.2. The summed E-state index contributed by atoms with van der Waals surface area (Å²) in [5.41, 5.74) is 0.279. The van der Waals surface area contributed by atoms with Crippen LogP contribution in [-0.4, -0.2) is 44.4 Å². The highest BCUT2D eigenvalue weighted by Crippen LogP contribution is 2.21. The molecule has 0 unspecified atom stereocenters. The summed E-state index contributed by atoms with van der Waals surface area (Å²) in [4.78, 5) is 12.6. The fraction of sp³-hybridized carbons (Fsp3) is 0.625. The smallest absolute Gasteiger partial charge is 0.270 e. The summed E-state index contributed by atoms with van der Waals surface area (Å²) in [7, 11) is -3.73. The average Bonchev–Trinajstić information content (AvgIpc) is 2.53. The quantitative estimate of drug-likeness (QED) is 0.438. The Hall–Kier alpha value is -1.22. The van der Waals surface area contributed by atoms with Crippen molar-refractivity contribution in [2.45, 2.75) is 38.0 Å². The first kappa shape index (κ1) is 21.8. The van der Waals surface area contributed by atoms with Gasteiger partial charge in [0.15, 0.2) is 0 Å². The van der Waals surface area contributed by atoms with Gasteiger partial charge in [0.2, 0.25) is 10.0 Å². The van der Waals surface area contributed by atoms with Gasteiger partial charge in [-0.25, -0.2) is 13.1 Å². The lowest BCUT2D eigenvalue weighted by molar-refractivity contribution is -0.385. The first-order chi connectivity index (χ1) is 11.3. The van der Waals surface area contributed by atoms with E-state index < -0.39 is 14.9 Å². The monoisotopic (exact) mass is 391 g/mol. The summed E-state index contributed by atoms with van der Waals surface area (Å²) < 4.78 is 27.3. The molecular formula is C16H26ClN3O4S. The van der Waals surface area contributed by atoms with Gasteiger partial charge in [-0.15, -0.1) is 12.4 Å². The summed E-state index contributed by atoms with van der Waals surface area (Å²) in [6.45, 7) is 7.22. The predicted molar refractivity (Wildman–Crippen MR) is 99.7 cm³/mol. The lowest BCUT2D eigenvalue weighted by atomic mass is 9.99. The summed E-state index contributed by atoms with van der Waals surface area (Å²) in [6, 6.07) is 3.89. The zero-order chi connectivity index (χ0) is 17.7. The van der Waals surface area contributed by atoms with Gasteiger partial charge in [-0.2, -0.15) is 0 Å². The molecule has 0 amide bonds. The van der Waals surface area contributed by atoms with Crippen molar-refractivity contribution in [3.63, 3.8) is 0 Å². The van der Waals surface area contributed by atoms with Gasteiger partial charge in [0, 0.05) is 18.7 Å². The van der Waals surface area contributed by atoms with Crippen molar-refractivity contribution < 1.29 is 13.3 Å². The molecule has 0 aromatic heterocycles. The molecule has 1 fully saturated rings. The van der Waals surface area contributed by atoms with Crippen LogP contribution in [0.15, 0.2) is 23.1 Å². The van der Waals surface area contributed by atoms with E-state index in [0.717, 1.165) is 38.0 Å². The van der Waals surface area contributed by atoms with Gasteiger partial charge >= 0.3 is 0 Å². The molecule has 1 heterocycles. The molecule has 1 saturated heterocycles. The van der Waals surface area contributed by atoms with Crippen LogP contribution >= 0.6 is 12.4 Å². The molecule has 1 aliphatic heterocycles. The number of non-ortho nitro benzene ring substituents is 1. The largest absolute Gasteiger partial charge is 0.303 e. The van der Waals surface area contributed by atoms with Crippen LogP contribution in [0.25, 0.3) is 0 Å². The molecule has 0 atom stereocenters. The third kappa shape index (κ3) is 6.22. The number of rotatable bonds is 7.